The molecule has 8 heteroatoms. The Morgan fingerprint density at radius 1 is 1.13 bits per heavy atom. The molecule has 2 aromatic rings. The number of hydrogen-bond acceptors (Lipinski definition) is 6. The SMILES string of the molecule is COc1cc(/C=C2/SC(=S)NC2=O)cc(Cl)c1OCCCOc1ccc(C)c(C)c1. The third-order valence-electron chi connectivity index (χ3n) is 4.47. The molecule has 158 valence electrons. The Hall–Kier alpha value is -2.22. The largest absolute Gasteiger partial charge is 0.493 e. The lowest BCUT2D eigenvalue weighted by Crippen LogP contribution is -2.17. The van der Waals surface area contributed by atoms with E-state index < -0.39 is 0 Å². The van der Waals surface area contributed by atoms with Crippen molar-refractivity contribution in [1.29, 1.82) is 0 Å². The highest BCUT2D eigenvalue weighted by molar-refractivity contribution is 8.26. The third-order valence-corrected chi connectivity index (χ3v) is 5.92. The standard InChI is InChI=1S/C22H22ClNO4S2/c1-13-5-6-16(9-14(13)2)27-7-4-8-28-20-17(23)10-15(11-18(20)26-3)12-19-21(25)24-22(29)30-19/h5-6,9-12H,4,7-8H2,1-3H3,(H,24,25,29)/b19-12+. The Bertz CT molecular complexity index is 1010. The van der Waals surface area contributed by atoms with Crippen molar-refractivity contribution >= 4 is 51.9 Å². The van der Waals surface area contributed by atoms with Crippen molar-refractivity contribution < 1.29 is 19.0 Å². The molecule has 5 nitrogen and oxygen atoms in total. The van der Waals surface area contributed by atoms with Crippen LogP contribution in [0.3, 0.4) is 0 Å². The lowest BCUT2D eigenvalue weighted by atomic mass is 10.1. The molecule has 1 saturated heterocycles. The van der Waals surface area contributed by atoms with Gasteiger partial charge in [-0.3, -0.25) is 4.79 Å². The normalized spacial score (nSPS) is 14.7. The van der Waals surface area contributed by atoms with Crippen molar-refractivity contribution in [2.24, 2.45) is 0 Å². The van der Waals surface area contributed by atoms with E-state index in [1.807, 2.05) is 18.2 Å². The molecule has 0 saturated carbocycles. The summed E-state index contributed by atoms with van der Waals surface area (Å²) in [5.41, 5.74) is 3.16. The van der Waals surface area contributed by atoms with Crippen LogP contribution in [0.25, 0.3) is 6.08 Å². The summed E-state index contributed by atoms with van der Waals surface area (Å²) < 4.78 is 17.5. The lowest BCUT2D eigenvalue weighted by molar-refractivity contribution is -0.115. The molecule has 0 bridgehead atoms. The lowest BCUT2D eigenvalue weighted by Gasteiger charge is -2.14. The fourth-order valence-electron chi connectivity index (χ4n) is 2.76. The van der Waals surface area contributed by atoms with Gasteiger partial charge in [0.2, 0.25) is 0 Å². The number of carbonyl (C=O) groups excluding carboxylic acids is 1. The van der Waals surface area contributed by atoms with E-state index in [0.29, 0.717) is 45.4 Å². The number of thioether (sulfide) groups is 1. The molecule has 2 aromatic carbocycles. The van der Waals surface area contributed by atoms with Crippen LogP contribution in [0.15, 0.2) is 35.2 Å². The van der Waals surface area contributed by atoms with Gasteiger partial charge < -0.3 is 19.5 Å². The minimum absolute atomic E-state index is 0.218. The zero-order chi connectivity index (χ0) is 21.7. The summed E-state index contributed by atoms with van der Waals surface area (Å²) in [6, 6.07) is 9.54. The zero-order valence-corrected chi connectivity index (χ0v) is 19.3. The second kappa shape index (κ2) is 10.2. The molecule has 1 heterocycles. The van der Waals surface area contributed by atoms with Crippen LogP contribution in [0.1, 0.15) is 23.1 Å². The Labute approximate surface area is 190 Å². The molecule has 0 spiro atoms. The van der Waals surface area contributed by atoms with Gasteiger partial charge in [0.05, 0.1) is 30.3 Å². The number of amides is 1. The van der Waals surface area contributed by atoms with Crippen LogP contribution in [0.4, 0.5) is 0 Å². The summed E-state index contributed by atoms with van der Waals surface area (Å²) in [5.74, 6) is 1.59. The highest BCUT2D eigenvalue weighted by Gasteiger charge is 2.22. The van der Waals surface area contributed by atoms with Crippen LogP contribution in [0, 0.1) is 13.8 Å². The van der Waals surface area contributed by atoms with Gasteiger partial charge in [-0.2, -0.15) is 0 Å². The van der Waals surface area contributed by atoms with Gasteiger partial charge in [0.15, 0.2) is 11.5 Å². The van der Waals surface area contributed by atoms with Crippen LogP contribution in [-0.2, 0) is 4.79 Å². The van der Waals surface area contributed by atoms with Gasteiger partial charge in [-0.15, -0.1) is 0 Å². The summed E-state index contributed by atoms with van der Waals surface area (Å²) in [4.78, 5) is 12.4. The molecule has 30 heavy (non-hydrogen) atoms. The summed E-state index contributed by atoms with van der Waals surface area (Å²) in [6.07, 6.45) is 2.40. The summed E-state index contributed by atoms with van der Waals surface area (Å²) in [6.45, 7) is 5.08. The monoisotopic (exact) mass is 463 g/mol. The Morgan fingerprint density at radius 2 is 1.90 bits per heavy atom. The van der Waals surface area contributed by atoms with Crippen molar-refractivity contribution in [3.63, 3.8) is 0 Å². The maximum absolute atomic E-state index is 11.8. The van der Waals surface area contributed by atoms with Gasteiger partial charge in [0.25, 0.3) is 5.91 Å². The maximum Gasteiger partial charge on any atom is 0.263 e. The average Bonchev–Trinajstić information content (AvgIpc) is 3.02. The summed E-state index contributed by atoms with van der Waals surface area (Å²) in [5, 5.41) is 2.99. The predicted molar refractivity (Wildman–Crippen MR) is 126 cm³/mol. The number of thiocarbonyl (C=S) groups is 1. The molecule has 1 aliphatic heterocycles. The molecular formula is C22H22ClNO4S2. The molecule has 1 aliphatic rings. The van der Waals surface area contributed by atoms with Crippen molar-refractivity contribution in [2.75, 3.05) is 20.3 Å². The van der Waals surface area contributed by atoms with Gasteiger partial charge in [0.1, 0.15) is 10.1 Å². The van der Waals surface area contributed by atoms with Crippen LogP contribution in [0.2, 0.25) is 5.02 Å². The Morgan fingerprint density at radius 3 is 2.57 bits per heavy atom. The van der Waals surface area contributed by atoms with Gasteiger partial charge in [-0.05, 0) is 60.9 Å². The first-order chi connectivity index (χ1) is 14.4. The maximum atomic E-state index is 11.8. The average molecular weight is 464 g/mol. The first kappa shape index (κ1) is 22.5. The molecular weight excluding hydrogens is 442 g/mol. The summed E-state index contributed by atoms with van der Waals surface area (Å²) >= 11 is 12.6. The number of benzene rings is 2. The first-order valence-corrected chi connectivity index (χ1v) is 10.9. The highest BCUT2D eigenvalue weighted by Crippen LogP contribution is 2.38. The van der Waals surface area contributed by atoms with E-state index in [1.54, 1.807) is 25.3 Å². The van der Waals surface area contributed by atoms with E-state index in [4.69, 9.17) is 38.0 Å². The molecule has 0 aromatic heterocycles. The number of halogens is 1. The fraction of sp³-hybridized carbons (Fsp3) is 0.273. The van der Waals surface area contributed by atoms with E-state index in [1.165, 1.54) is 22.9 Å². The smallest absolute Gasteiger partial charge is 0.263 e. The molecule has 1 fully saturated rings. The molecule has 0 unspecified atom stereocenters. The number of carbonyl (C=O) groups is 1. The zero-order valence-electron chi connectivity index (χ0n) is 16.9. The third kappa shape index (κ3) is 5.68. The summed E-state index contributed by atoms with van der Waals surface area (Å²) in [7, 11) is 1.55. The fourth-order valence-corrected chi connectivity index (χ4v) is 4.08. The van der Waals surface area contributed by atoms with Gasteiger partial charge >= 0.3 is 0 Å². The molecule has 3 rings (SSSR count). The quantitative estimate of drug-likeness (QED) is 0.325. The van der Waals surface area contributed by atoms with E-state index in [9.17, 15) is 4.79 Å². The van der Waals surface area contributed by atoms with E-state index >= 15 is 0 Å². The number of hydrogen-bond donors (Lipinski definition) is 1. The Balaban J connectivity index is 1.59. The second-order valence-electron chi connectivity index (χ2n) is 6.68. The van der Waals surface area contributed by atoms with E-state index in [0.717, 1.165) is 11.3 Å². The predicted octanol–water partition coefficient (Wildman–Crippen LogP) is 5.30. The molecule has 1 amide bonds. The molecule has 0 atom stereocenters. The number of rotatable bonds is 8. The van der Waals surface area contributed by atoms with Crippen LogP contribution < -0.4 is 19.5 Å². The van der Waals surface area contributed by atoms with E-state index in [-0.39, 0.29) is 5.91 Å². The van der Waals surface area contributed by atoms with Crippen LogP contribution >= 0.6 is 35.6 Å². The van der Waals surface area contributed by atoms with Crippen molar-refractivity contribution in [3.8, 4) is 17.2 Å². The van der Waals surface area contributed by atoms with Crippen molar-refractivity contribution in [2.45, 2.75) is 20.3 Å². The number of ether oxygens (including phenoxy) is 3. The minimum atomic E-state index is -0.218. The van der Waals surface area contributed by atoms with Gasteiger partial charge in [0, 0.05) is 6.42 Å². The second-order valence-corrected chi connectivity index (χ2v) is 8.81. The van der Waals surface area contributed by atoms with Gasteiger partial charge in [-0.1, -0.05) is 41.6 Å². The molecule has 0 aliphatic carbocycles. The van der Waals surface area contributed by atoms with E-state index in [2.05, 4.69) is 19.2 Å². The molecule has 0 radical (unpaired) electrons. The number of methoxy groups -OCH3 is 1. The first-order valence-electron chi connectivity index (χ1n) is 9.32. The van der Waals surface area contributed by atoms with Crippen LogP contribution in [0.5, 0.6) is 17.2 Å². The van der Waals surface area contributed by atoms with Crippen molar-refractivity contribution in [1.82, 2.24) is 5.32 Å². The Kier molecular flexibility index (Phi) is 7.64. The molecule has 1 N–H and O–H groups in total. The van der Waals surface area contributed by atoms with Gasteiger partial charge in [-0.25, -0.2) is 0 Å². The highest BCUT2D eigenvalue weighted by atomic mass is 35.5. The number of nitrogens with one attached hydrogen (secondary N) is 1. The van der Waals surface area contributed by atoms with Crippen LogP contribution in [-0.4, -0.2) is 30.6 Å². The minimum Gasteiger partial charge on any atom is -0.493 e. The van der Waals surface area contributed by atoms with Crippen molar-refractivity contribution in [3.05, 3.63) is 56.9 Å². The number of aryl methyl sites for hydroxylation is 2. The topological polar surface area (TPSA) is 56.8 Å².